The molecule has 1 atom stereocenters. The van der Waals surface area contributed by atoms with Crippen LogP contribution in [0.25, 0.3) is 0 Å². The Balaban J connectivity index is 3.63. The van der Waals surface area contributed by atoms with Gasteiger partial charge in [-0.1, -0.05) is 0 Å². The Labute approximate surface area is 93.6 Å². The van der Waals surface area contributed by atoms with Crippen LogP contribution in [0.5, 0.6) is 0 Å². The monoisotopic (exact) mass is 260 g/mol. The largest absolute Gasteiger partial charge is 0.480 e. The Kier molecular flexibility index (Phi) is 6.19. The summed E-state index contributed by atoms with van der Waals surface area (Å²) in [5.74, 6) is -2.31. The van der Waals surface area contributed by atoms with Gasteiger partial charge in [0.15, 0.2) is 0 Å². The van der Waals surface area contributed by atoms with Gasteiger partial charge >= 0.3 is 12.1 Å². The standard InChI is InChI=1S/C7H11F3N2O3S/c8-7(9,10)3-12-5(13)2-16-1-4(11)6(14)15/h4H,1-3,11H2,(H,12,13)(H,14,15)/t4-/m0/s1. The maximum absolute atomic E-state index is 11.7. The number of carboxylic acids is 1. The molecule has 1 amide bonds. The van der Waals surface area contributed by atoms with Gasteiger partial charge in [0.2, 0.25) is 5.91 Å². The van der Waals surface area contributed by atoms with Gasteiger partial charge in [-0.25, -0.2) is 0 Å². The van der Waals surface area contributed by atoms with Crippen LogP contribution < -0.4 is 11.1 Å². The number of carbonyl (C=O) groups excluding carboxylic acids is 1. The Morgan fingerprint density at radius 2 is 2.00 bits per heavy atom. The van der Waals surface area contributed by atoms with Crippen molar-refractivity contribution < 1.29 is 27.9 Å². The van der Waals surface area contributed by atoms with Crippen LogP contribution in [0.4, 0.5) is 13.2 Å². The summed E-state index contributed by atoms with van der Waals surface area (Å²) in [6.07, 6.45) is -4.45. The van der Waals surface area contributed by atoms with Crippen molar-refractivity contribution in [3.05, 3.63) is 0 Å². The Morgan fingerprint density at radius 1 is 1.44 bits per heavy atom. The SMILES string of the molecule is N[C@@H](CSCC(=O)NCC(F)(F)F)C(=O)O. The van der Waals surface area contributed by atoms with Gasteiger partial charge in [-0.3, -0.25) is 9.59 Å². The second-order valence-corrected chi connectivity index (χ2v) is 3.88. The lowest BCUT2D eigenvalue weighted by atomic mass is 10.4. The zero-order valence-corrected chi connectivity index (χ0v) is 8.90. The van der Waals surface area contributed by atoms with Crippen molar-refractivity contribution in [1.29, 1.82) is 0 Å². The highest BCUT2D eigenvalue weighted by Gasteiger charge is 2.27. The van der Waals surface area contributed by atoms with E-state index < -0.39 is 30.6 Å². The van der Waals surface area contributed by atoms with E-state index in [0.717, 1.165) is 11.8 Å². The van der Waals surface area contributed by atoms with E-state index >= 15 is 0 Å². The van der Waals surface area contributed by atoms with Crippen molar-refractivity contribution in [2.75, 3.05) is 18.1 Å². The van der Waals surface area contributed by atoms with Gasteiger partial charge in [0, 0.05) is 5.75 Å². The molecule has 0 aromatic heterocycles. The van der Waals surface area contributed by atoms with Crippen LogP contribution in [-0.2, 0) is 9.59 Å². The minimum atomic E-state index is -4.45. The molecule has 4 N–H and O–H groups in total. The molecule has 0 aromatic carbocycles. The normalized spacial score (nSPS) is 13.2. The van der Waals surface area contributed by atoms with Crippen molar-refractivity contribution >= 4 is 23.6 Å². The van der Waals surface area contributed by atoms with Gasteiger partial charge in [-0.05, 0) is 0 Å². The fraction of sp³-hybridized carbons (Fsp3) is 0.714. The summed E-state index contributed by atoms with van der Waals surface area (Å²) in [6.45, 7) is -1.39. The van der Waals surface area contributed by atoms with Gasteiger partial charge in [-0.15, -0.1) is 11.8 Å². The first kappa shape index (κ1) is 15.0. The van der Waals surface area contributed by atoms with E-state index in [2.05, 4.69) is 0 Å². The first-order chi connectivity index (χ1) is 7.22. The average molecular weight is 260 g/mol. The predicted octanol–water partition coefficient (Wildman–Crippen LogP) is -0.190. The molecule has 0 saturated carbocycles. The predicted molar refractivity (Wildman–Crippen MR) is 52.0 cm³/mol. The van der Waals surface area contributed by atoms with E-state index in [1.165, 1.54) is 0 Å². The molecule has 16 heavy (non-hydrogen) atoms. The van der Waals surface area contributed by atoms with E-state index in [1.807, 2.05) is 0 Å². The fourth-order valence-corrected chi connectivity index (χ4v) is 1.40. The average Bonchev–Trinajstić information content (AvgIpc) is 2.13. The number of amides is 1. The van der Waals surface area contributed by atoms with Crippen LogP contribution in [0.1, 0.15) is 0 Å². The van der Waals surface area contributed by atoms with E-state index in [-0.39, 0.29) is 11.5 Å². The molecular weight excluding hydrogens is 249 g/mol. The molecule has 0 aliphatic rings. The topological polar surface area (TPSA) is 92.4 Å². The number of hydrogen-bond acceptors (Lipinski definition) is 4. The summed E-state index contributed by atoms with van der Waals surface area (Å²) in [5.41, 5.74) is 5.11. The van der Waals surface area contributed by atoms with Crippen molar-refractivity contribution in [2.24, 2.45) is 5.73 Å². The number of hydrogen-bond donors (Lipinski definition) is 3. The number of halogens is 3. The number of nitrogens with one attached hydrogen (secondary N) is 1. The lowest BCUT2D eigenvalue weighted by Gasteiger charge is -2.08. The summed E-state index contributed by atoms with van der Waals surface area (Å²) in [6, 6.07) is -1.12. The third-order valence-corrected chi connectivity index (χ3v) is 2.39. The maximum Gasteiger partial charge on any atom is 0.405 e. The van der Waals surface area contributed by atoms with E-state index in [4.69, 9.17) is 10.8 Å². The second kappa shape index (κ2) is 6.59. The quantitative estimate of drug-likeness (QED) is 0.615. The molecule has 0 fully saturated rings. The molecule has 0 aliphatic carbocycles. The van der Waals surface area contributed by atoms with E-state index in [9.17, 15) is 22.8 Å². The number of alkyl halides is 3. The van der Waals surface area contributed by atoms with Crippen molar-refractivity contribution in [3.63, 3.8) is 0 Å². The fourth-order valence-electron chi connectivity index (χ4n) is 0.600. The number of nitrogens with two attached hydrogens (primary N) is 1. The summed E-state index contributed by atoms with van der Waals surface area (Å²) in [7, 11) is 0. The van der Waals surface area contributed by atoms with Crippen LogP contribution in [0.15, 0.2) is 0 Å². The molecule has 0 spiro atoms. The highest BCUT2D eigenvalue weighted by atomic mass is 32.2. The molecule has 0 heterocycles. The molecular formula is C7H11F3N2O3S. The Bertz CT molecular complexity index is 260. The molecule has 0 saturated heterocycles. The van der Waals surface area contributed by atoms with E-state index in [0.29, 0.717) is 0 Å². The minimum absolute atomic E-state index is 0.0330. The van der Waals surface area contributed by atoms with Crippen molar-refractivity contribution in [3.8, 4) is 0 Å². The summed E-state index contributed by atoms with van der Waals surface area (Å²) < 4.78 is 35.0. The molecule has 0 unspecified atom stereocenters. The maximum atomic E-state index is 11.7. The van der Waals surface area contributed by atoms with Crippen LogP contribution in [0.3, 0.4) is 0 Å². The lowest BCUT2D eigenvalue weighted by Crippen LogP contribution is -2.36. The molecule has 0 aromatic rings. The van der Waals surface area contributed by atoms with Gasteiger partial charge < -0.3 is 16.2 Å². The van der Waals surface area contributed by atoms with Gasteiger partial charge in [0.1, 0.15) is 12.6 Å². The minimum Gasteiger partial charge on any atom is -0.480 e. The Hall–Kier alpha value is -0.960. The van der Waals surface area contributed by atoms with Crippen LogP contribution in [0, 0.1) is 0 Å². The number of rotatable bonds is 6. The molecule has 9 heteroatoms. The molecule has 94 valence electrons. The zero-order chi connectivity index (χ0) is 12.8. The third kappa shape index (κ3) is 8.36. The van der Waals surface area contributed by atoms with Crippen LogP contribution in [-0.4, -0.2) is 47.3 Å². The van der Waals surface area contributed by atoms with Crippen LogP contribution in [0.2, 0.25) is 0 Å². The second-order valence-electron chi connectivity index (χ2n) is 2.85. The number of thioether (sulfide) groups is 1. The molecule has 0 radical (unpaired) electrons. The van der Waals surface area contributed by atoms with Gasteiger partial charge in [0.05, 0.1) is 5.75 Å². The first-order valence-electron chi connectivity index (χ1n) is 4.12. The smallest absolute Gasteiger partial charge is 0.405 e. The highest BCUT2D eigenvalue weighted by molar-refractivity contribution is 8.00. The van der Waals surface area contributed by atoms with Crippen LogP contribution >= 0.6 is 11.8 Å². The zero-order valence-electron chi connectivity index (χ0n) is 8.08. The van der Waals surface area contributed by atoms with Crippen molar-refractivity contribution in [2.45, 2.75) is 12.2 Å². The van der Waals surface area contributed by atoms with Crippen molar-refractivity contribution in [1.82, 2.24) is 5.32 Å². The van der Waals surface area contributed by atoms with E-state index in [1.54, 1.807) is 5.32 Å². The third-order valence-electron chi connectivity index (χ3n) is 1.33. The summed E-state index contributed by atoms with van der Waals surface area (Å²) >= 11 is 0.863. The number of aliphatic carboxylic acids is 1. The van der Waals surface area contributed by atoms with Gasteiger partial charge in [-0.2, -0.15) is 13.2 Å². The molecule has 0 bridgehead atoms. The molecule has 5 nitrogen and oxygen atoms in total. The lowest BCUT2D eigenvalue weighted by molar-refractivity contribution is -0.138. The first-order valence-corrected chi connectivity index (χ1v) is 5.27. The summed E-state index contributed by atoms with van der Waals surface area (Å²) in [4.78, 5) is 21.1. The van der Waals surface area contributed by atoms with Gasteiger partial charge in [0.25, 0.3) is 0 Å². The number of carbonyl (C=O) groups is 2. The molecule has 0 aliphatic heterocycles. The molecule has 0 rings (SSSR count). The highest BCUT2D eigenvalue weighted by Crippen LogP contribution is 2.12. The Morgan fingerprint density at radius 3 is 2.44 bits per heavy atom. The summed E-state index contributed by atoms with van der Waals surface area (Å²) in [5, 5.41) is 10.0. The number of carboxylic acid groups (broad SMARTS) is 1.